The summed E-state index contributed by atoms with van der Waals surface area (Å²) in [6, 6.07) is 8.47. The van der Waals surface area contributed by atoms with Gasteiger partial charge >= 0.3 is 6.03 Å². The molecular formula is C22H35N3O. The Morgan fingerprint density at radius 3 is 2.50 bits per heavy atom. The molecule has 0 radical (unpaired) electrons. The summed E-state index contributed by atoms with van der Waals surface area (Å²) in [6.07, 6.45) is 6.23. The van der Waals surface area contributed by atoms with E-state index in [0.29, 0.717) is 6.54 Å². The minimum Gasteiger partial charge on any atom is -0.334 e. The van der Waals surface area contributed by atoms with E-state index in [1.807, 2.05) is 4.90 Å². The molecule has 2 aliphatic rings. The van der Waals surface area contributed by atoms with Gasteiger partial charge in [0, 0.05) is 26.2 Å². The van der Waals surface area contributed by atoms with Crippen molar-refractivity contribution in [1.82, 2.24) is 15.1 Å². The second-order valence-electron chi connectivity index (χ2n) is 8.41. The minimum atomic E-state index is 0.0954. The summed E-state index contributed by atoms with van der Waals surface area (Å²) in [6.45, 7) is 10.6. The third-order valence-electron chi connectivity index (χ3n) is 6.09. The van der Waals surface area contributed by atoms with Gasteiger partial charge in [0.25, 0.3) is 0 Å². The van der Waals surface area contributed by atoms with Crippen LogP contribution in [0.5, 0.6) is 0 Å². The maximum atomic E-state index is 12.5. The molecular weight excluding hydrogens is 322 g/mol. The van der Waals surface area contributed by atoms with Gasteiger partial charge in [-0.2, -0.15) is 0 Å². The summed E-state index contributed by atoms with van der Waals surface area (Å²) in [5.41, 5.74) is 2.41. The number of likely N-dealkylation sites (tertiary alicyclic amines) is 2. The lowest BCUT2D eigenvalue weighted by Crippen LogP contribution is -2.40. The molecule has 2 saturated heterocycles. The quantitative estimate of drug-likeness (QED) is 0.883. The number of nitrogens with zero attached hydrogens (tertiary/aromatic N) is 2. The van der Waals surface area contributed by atoms with Crippen LogP contribution in [0.2, 0.25) is 0 Å². The van der Waals surface area contributed by atoms with Crippen LogP contribution in [-0.2, 0) is 6.54 Å². The number of carbonyl (C=O) groups is 1. The molecule has 4 heteroatoms. The maximum absolute atomic E-state index is 12.5. The first-order valence-corrected chi connectivity index (χ1v) is 10.4. The highest BCUT2D eigenvalue weighted by molar-refractivity contribution is 5.74. The number of urea groups is 1. The molecule has 1 N–H and O–H groups in total. The fourth-order valence-corrected chi connectivity index (χ4v) is 4.16. The monoisotopic (exact) mass is 357 g/mol. The fourth-order valence-electron chi connectivity index (χ4n) is 4.16. The van der Waals surface area contributed by atoms with E-state index in [-0.39, 0.29) is 6.03 Å². The predicted octanol–water partition coefficient (Wildman–Crippen LogP) is 4.04. The molecule has 0 aliphatic carbocycles. The first kappa shape index (κ1) is 19.2. The smallest absolute Gasteiger partial charge is 0.317 e. The zero-order chi connectivity index (χ0) is 18.4. The van der Waals surface area contributed by atoms with Crippen molar-refractivity contribution in [2.24, 2.45) is 11.8 Å². The molecule has 0 spiro atoms. The van der Waals surface area contributed by atoms with E-state index in [1.165, 1.54) is 44.5 Å². The molecule has 1 aromatic rings. The molecule has 2 amide bonds. The van der Waals surface area contributed by atoms with Gasteiger partial charge in [-0.15, -0.1) is 0 Å². The van der Waals surface area contributed by atoms with Crippen molar-refractivity contribution in [3.63, 3.8) is 0 Å². The zero-order valence-corrected chi connectivity index (χ0v) is 16.5. The van der Waals surface area contributed by atoms with E-state index in [1.54, 1.807) is 0 Å². The van der Waals surface area contributed by atoms with Crippen LogP contribution in [0.15, 0.2) is 24.3 Å². The van der Waals surface area contributed by atoms with Gasteiger partial charge in [-0.05, 0) is 69.5 Å². The Morgan fingerprint density at radius 1 is 1.04 bits per heavy atom. The van der Waals surface area contributed by atoms with Gasteiger partial charge in [-0.25, -0.2) is 4.79 Å². The van der Waals surface area contributed by atoms with E-state index >= 15 is 0 Å². The number of carbonyl (C=O) groups excluding carboxylic acids is 1. The topological polar surface area (TPSA) is 35.6 Å². The Kier molecular flexibility index (Phi) is 6.95. The van der Waals surface area contributed by atoms with E-state index < -0.39 is 0 Å². The molecule has 3 rings (SSSR count). The number of nitrogens with one attached hydrogen (secondary N) is 1. The highest BCUT2D eigenvalue weighted by atomic mass is 16.2. The number of hydrogen-bond acceptors (Lipinski definition) is 2. The van der Waals surface area contributed by atoms with Crippen molar-refractivity contribution in [2.45, 2.75) is 52.5 Å². The van der Waals surface area contributed by atoms with Crippen molar-refractivity contribution >= 4 is 6.03 Å². The van der Waals surface area contributed by atoms with Gasteiger partial charge in [-0.1, -0.05) is 36.8 Å². The summed E-state index contributed by atoms with van der Waals surface area (Å²) < 4.78 is 0. The number of amides is 2. The lowest BCUT2D eigenvalue weighted by Gasteiger charge is -2.32. The Hall–Kier alpha value is -1.55. The van der Waals surface area contributed by atoms with Gasteiger partial charge in [0.05, 0.1) is 0 Å². The molecule has 0 bridgehead atoms. The molecule has 2 aliphatic heterocycles. The average molecular weight is 358 g/mol. The zero-order valence-electron chi connectivity index (χ0n) is 16.5. The predicted molar refractivity (Wildman–Crippen MR) is 107 cm³/mol. The van der Waals surface area contributed by atoms with Crippen LogP contribution in [0.4, 0.5) is 4.79 Å². The highest BCUT2D eigenvalue weighted by Crippen LogP contribution is 2.22. The van der Waals surface area contributed by atoms with Crippen LogP contribution in [0.1, 0.15) is 50.2 Å². The molecule has 0 unspecified atom stereocenters. The second kappa shape index (κ2) is 9.40. The first-order chi connectivity index (χ1) is 12.6. The van der Waals surface area contributed by atoms with Crippen LogP contribution in [0.3, 0.4) is 0 Å². The molecule has 26 heavy (non-hydrogen) atoms. The minimum absolute atomic E-state index is 0.0954. The molecule has 0 saturated carbocycles. The summed E-state index contributed by atoms with van der Waals surface area (Å²) >= 11 is 0. The maximum Gasteiger partial charge on any atom is 0.317 e. The second-order valence-corrected chi connectivity index (χ2v) is 8.41. The molecule has 4 nitrogen and oxygen atoms in total. The number of piperidine rings is 1. The lowest BCUT2D eigenvalue weighted by atomic mass is 9.95. The van der Waals surface area contributed by atoms with Crippen LogP contribution in [0.25, 0.3) is 0 Å². The SMILES string of the molecule is Cc1ccc(CNC(=O)N2CCC[C@H](CN3CCC(C)CC3)CC2)cc1. The molecule has 144 valence electrons. The molecule has 0 aromatic heterocycles. The van der Waals surface area contributed by atoms with Gasteiger partial charge in [0.2, 0.25) is 0 Å². The van der Waals surface area contributed by atoms with Crippen LogP contribution in [0, 0.1) is 18.8 Å². The third-order valence-corrected chi connectivity index (χ3v) is 6.09. The van der Waals surface area contributed by atoms with Crippen molar-refractivity contribution in [1.29, 1.82) is 0 Å². The van der Waals surface area contributed by atoms with Gasteiger partial charge in [0.15, 0.2) is 0 Å². The summed E-state index contributed by atoms with van der Waals surface area (Å²) in [5, 5.41) is 3.09. The average Bonchev–Trinajstić information content (AvgIpc) is 2.88. The van der Waals surface area contributed by atoms with Gasteiger partial charge in [0.1, 0.15) is 0 Å². The van der Waals surface area contributed by atoms with Crippen LogP contribution in [-0.4, -0.2) is 48.6 Å². The van der Waals surface area contributed by atoms with Crippen LogP contribution < -0.4 is 5.32 Å². The van der Waals surface area contributed by atoms with E-state index in [4.69, 9.17) is 0 Å². The van der Waals surface area contributed by atoms with Crippen molar-refractivity contribution < 1.29 is 4.79 Å². The number of aryl methyl sites for hydroxylation is 1. The number of benzene rings is 1. The van der Waals surface area contributed by atoms with Crippen molar-refractivity contribution in [3.8, 4) is 0 Å². The van der Waals surface area contributed by atoms with Gasteiger partial charge in [-0.3, -0.25) is 0 Å². The van der Waals surface area contributed by atoms with E-state index in [0.717, 1.165) is 43.3 Å². The number of hydrogen-bond donors (Lipinski definition) is 1. The number of rotatable bonds is 4. The summed E-state index contributed by atoms with van der Waals surface area (Å²) in [5.74, 6) is 1.64. The standard InChI is InChI=1S/C22H35N3O/c1-18-5-7-20(8-6-18)16-23-22(26)25-12-3-4-21(11-15-25)17-24-13-9-19(2)10-14-24/h5-8,19,21H,3-4,9-17H2,1-2H3,(H,23,26)/t21-/m0/s1. The summed E-state index contributed by atoms with van der Waals surface area (Å²) in [7, 11) is 0. The van der Waals surface area contributed by atoms with Crippen molar-refractivity contribution in [3.05, 3.63) is 35.4 Å². The normalized spacial score (nSPS) is 22.8. The molecule has 2 heterocycles. The Labute approximate surface area is 158 Å². The molecule has 2 fully saturated rings. The van der Waals surface area contributed by atoms with E-state index in [9.17, 15) is 4.79 Å². The molecule has 1 aromatic carbocycles. The third kappa shape index (κ3) is 5.73. The van der Waals surface area contributed by atoms with Gasteiger partial charge < -0.3 is 15.1 Å². The molecule has 1 atom stereocenters. The Bertz CT molecular complexity index is 563. The Morgan fingerprint density at radius 2 is 1.77 bits per heavy atom. The summed E-state index contributed by atoms with van der Waals surface area (Å²) in [4.78, 5) is 17.2. The largest absolute Gasteiger partial charge is 0.334 e. The van der Waals surface area contributed by atoms with Crippen LogP contribution >= 0.6 is 0 Å². The first-order valence-electron chi connectivity index (χ1n) is 10.4. The van der Waals surface area contributed by atoms with Crippen molar-refractivity contribution in [2.75, 3.05) is 32.7 Å². The Balaban J connectivity index is 1.41. The lowest BCUT2D eigenvalue weighted by molar-refractivity contribution is 0.160. The highest BCUT2D eigenvalue weighted by Gasteiger charge is 2.23. The van der Waals surface area contributed by atoms with E-state index in [2.05, 4.69) is 48.3 Å². The fraction of sp³-hybridized carbons (Fsp3) is 0.682.